The molecular formula is C14H21FN2. The van der Waals surface area contributed by atoms with Gasteiger partial charge in [0.1, 0.15) is 5.82 Å². The summed E-state index contributed by atoms with van der Waals surface area (Å²) in [6, 6.07) is 5.61. The summed E-state index contributed by atoms with van der Waals surface area (Å²) in [6.07, 6.45) is 1.01. The maximum atomic E-state index is 13.6. The number of halogens is 1. The lowest BCUT2D eigenvalue weighted by Gasteiger charge is -2.35. The van der Waals surface area contributed by atoms with Crippen molar-refractivity contribution in [1.82, 2.24) is 4.90 Å². The fraction of sp³-hybridized carbons (Fsp3) is 0.571. The molecule has 3 heteroatoms. The Morgan fingerprint density at radius 1 is 1.47 bits per heavy atom. The molecule has 0 amide bonds. The fourth-order valence-corrected chi connectivity index (χ4v) is 2.46. The molecular weight excluding hydrogens is 215 g/mol. The van der Waals surface area contributed by atoms with Gasteiger partial charge in [0.2, 0.25) is 0 Å². The molecule has 0 aliphatic carbocycles. The van der Waals surface area contributed by atoms with Crippen LogP contribution in [0.4, 0.5) is 4.39 Å². The second-order valence-corrected chi connectivity index (χ2v) is 5.26. The summed E-state index contributed by atoms with van der Waals surface area (Å²) < 4.78 is 13.6. The second-order valence-electron chi connectivity index (χ2n) is 5.26. The van der Waals surface area contributed by atoms with Crippen molar-refractivity contribution in [2.24, 2.45) is 11.7 Å². The first-order chi connectivity index (χ1) is 8.06. The Balaban J connectivity index is 2.03. The molecule has 0 spiro atoms. The third kappa shape index (κ3) is 3.05. The van der Waals surface area contributed by atoms with Crippen LogP contribution in [0.5, 0.6) is 0 Å². The highest BCUT2D eigenvalue weighted by molar-refractivity contribution is 5.24. The lowest BCUT2D eigenvalue weighted by Crippen LogP contribution is -2.45. The average Bonchev–Trinajstić information content (AvgIpc) is 2.29. The molecule has 1 fully saturated rings. The highest BCUT2D eigenvalue weighted by Gasteiger charge is 2.23. The molecule has 0 bridgehead atoms. The molecule has 2 N–H and O–H groups in total. The van der Waals surface area contributed by atoms with E-state index in [2.05, 4.69) is 11.8 Å². The Morgan fingerprint density at radius 3 is 2.94 bits per heavy atom. The minimum Gasteiger partial charge on any atom is -0.327 e. The van der Waals surface area contributed by atoms with Crippen LogP contribution in [0.3, 0.4) is 0 Å². The Morgan fingerprint density at radius 2 is 2.24 bits per heavy atom. The van der Waals surface area contributed by atoms with Crippen LogP contribution in [0.25, 0.3) is 0 Å². The lowest BCUT2D eigenvalue weighted by molar-refractivity contribution is 0.156. The van der Waals surface area contributed by atoms with E-state index in [0.717, 1.165) is 30.6 Å². The topological polar surface area (TPSA) is 29.3 Å². The molecule has 1 aromatic rings. The van der Waals surface area contributed by atoms with Crippen LogP contribution in [-0.4, -0.2) is 24.0 Å². The summed E-state index contributed by atoms with van der Waals surface area (Å²) >= 11 is 0. The van der Waals surface area contributed by atoms with Gasteiger partial charge < -0.3 is 5.73 Å². The van der Waals surface area contributed by atoms with Gasteiger partial charge in [0, 0.05) is 24.7 Å². The number of benzene rings is 1. The summed E-state index contributed by atoms with van der Waals surface area (Å²) in [7, 11) is 0. The minimum absolute atomic E-state index is 0.0990. The third-order valence-electron chi connectivity index (χ3n) is 3.65. The molecule has 1 heterocycles. The summed E-state index contributed by atoms with van der Waals surface area (Å²) in [5.41, 5.74) is 7.90. The van der Waals surface area contributed by atoms with Gasteiger partial charge in [-0.3, -0.25) is 4.90 Å². The van der Waals surface area contributed by atoms with Crippen molar-refractivity contribution < 1.29 is 4.39 Å². The first-order valence-electron chi connectivity index (χ1n) is 6.29. The van der Waals surface area contributed by atoms with Crippen LogP contribution in [-0.2, 0) is 6.54 Å². The number of nitrogens with zero attached hydrogens (tertiary/aromatic N) is 1. The van der Waals surface area contributed by atoms with Gasteiger partial charge >= 0.3 is 0 Å². The summed E-state index contributed by atoms with van der Waals surface area (Å²) in [5, 5.41) is 0. The van der Waals surface area contributed by atoms with Gasteiger partial charge in [-0.1, -0.05) is 24.6 Å². The largest absolute Gasteiger partial charge is 0.327 e. The number of piperidine rings is 1. The third-order valence-corrected chi connectivity index (χ3v) is 3.65. The van der Waals surface area contributed by atoms with Crippen LogP contribution in [0.15, 0.2) is 18.2 Å². The second kappa shape index (κ2) is 5.15. The molecule has 1 aliphatic heterocycles. The number of rotatable bonds is 2. The van der Waals surface area contributed by atoms with Crippen molar-refractivity contribution >= 4 is 0 Å². The van der Waals surface area contributed by atoms with Crippen LogP contribution >= 0.6 is 0 Å². The van der Waals surface area contributed by atoms with Gasteiger partial charge in [-0.15, -0.1) is 0 Å². The van der Waals surface area contributed by atoms with Gasteiger partial charge in [0.05, 0.1) is 0 Å². The molecule has 2 nitrogen and oxygen atoms in total. The van der Waals surface area contributed by atoms with E-state index in [-0.39, 0.29) is 5.82 Å². The summed E-state index contributed by atoms with van der Waals surface area (Å²) in [5.74, 6) is 0.398. The van der Waals surface area contributed by atoms with E-state index in [0.29, 0.717) is 18.5 Å². The van der Waals surface area contributed by atoms with E-state index in [4.69, 9.17) is 5.73 Å². The Hall–Kier alpha value is -0.930. The van der Waals surface area contributed by atoms with Gasteiger partial charge in [0.15, 0.2) is 0 Å². The van der Waals surface area contributed by atoms with E-state index in [9.17, 15) is 4.39 Å². The highest BCUT2D eigenvalue weighted by atomic mass is 19.1. The molecule has 1 aliphatic rings. The SMILES string of the molecule is Cc1ccc(F)c(CN2CCC(N)C(C)C2)c1. The monoisotopic (exact) mass is 236 g/mol. The quantitative estimate of drug-likeness (QED) is 0.853. The van der Waals surface area contributed by atoms with E-state index < -0.39 is 0 Å². The standard InChI is InChI=1S/C14H21FN2/c1-10-3-4-13(15)12(7-10)9-17-6-5-14(16)11(2)8-17/h3-4,7,11,14H,5-6,8-9,16H2,1-2H3. The van der Waals surface area contributed by atoms with Crippen molar-refractivity contribution in [3.05, 3.63) is 35.1 Å². The lowest BCUT2D eigenvalue weighted by atomic mass is 9.94. The average molecular weight is 236 g/mol. The molecule has 94 valence electrons. The zero-order valence-corrected chi connectivity index (χ0v) is 10.6. The molecule has 2 unspecified atom stereocenters. The van der Waals surface area contributed by atoms with Crippen LogP contribution < -0.4 is 5.73 Å². The van der Waals surface area contributed by atoms with E-state index in [1.54, 1.807) is 6.07 Å². The molecule has 0 aromatic heterocycles. The van der Waals surface area contributed by atoms with Crippen LogP contribution in [0, 0.1) is 18.7 Å². The summed E-state index contributed by atoms with van der Waals surface area (Å²) in [6.45, 7) is 6.80. The smallest absolute Gasteiger partial charge is 0.127 e. The van der Waals surface area contributed by atoms with Crippen LogP contribution in [0.2, 0.25) is 0 Å². The number of likely N-dealkylation sites (tertiary alicyclic amines) is 1. The molecule has 0 radical (unpaired) electrons. The Kier molecular flexibility index (Phi) is 3.79. The van der Waals surface area contributed by atoms with Crippen molar-refractivity contribution in [3.63, 3.8) is 0 Å². The van der Waals surface area contributed by atoms with Gasteiger partial charge in [-0.05, 0) is 31.9 Å². The van der Waals surface area contributed by atoms with E-state index >= 15 is 0 Å². The molecule has 2 rings (SSSR count). The Bertz CT molecular complexity index is 392. The predicted octanol–water partition coefficient (Wildman–Crippen LogP) is 2.30. The zero-order chi connectivity index (χ0) is 12.4. The number of aryl methyl sites for hydroxylation is 1. The Labute approximate surface area is 103 Å². The molecule has 2 atom stereocenters. The van der Waals surface area contributed by atoms with Gasteiger partial charge in [0.25, 0.3) is 0 Å². The number of nitrogens with two attached hydrogens (primary N) is 1. The minimum atomic E-state index is -0.0990. The van der Waals surface area contributed by atoms with Gasteiger partial charge in [-0.25, -0.2) is 4.39 Å². The van der Waals surface area contributed by atoms with Crippen molar-refractivity contribution in [2.45, 2.75) is 32.9 Å². The molecule has 1 aromatic carbocycles. The highest BCUT2D eigenvalue weighted by Crippen LogP contribution is 2.19. The zero-order valence-electron chi connectivity index (χ0n) is 10.6. The van der Waals surface area contributed by atoms with E-state index in [1.807, 2.05) is 19.1 Å². The van der Waals surface area contributed by atoms with Crippen molar-refractivity contribution in [2.75, 3.05) is 13.1 Å². The van der Waals surface area contributed by atoms with Crippen molar-refractivity contribution in [3.8, 4) is 0 Å². The maximum absolute atomic E-state index is 13.6. The fourth-order valence-electron chi connectivity index (χ4n) is 2.46. The van der Waals surface area contributed by atoms with Gasteiger partial charge in [-0.2, -0.15) is 0 Å². The number of hydrogen-bond donors (Lipinski definition) is 1. The summed E-state index contributed by atoms with van der Waals surface area (Å²) in [4.78, 5) is 2.30. The van der Waals surface area contributed by atoms with E-state index in [1.165, 1.54) is 0 Å². The molecule has 0 saturated carbocycles. The maximum Gasteiger partial charge on any atom is 0.127 e. The number of hydrogen-bond acceptors (Lipinski definition) is 2. The first kappa shape index (κ1) is 12.5. The van der Waals surface area contributed by atoms with Crippen LogP contribution in [0.1, 0.15) is 24.5 Å². The molecule has 17 heavy (non-hydrogen) atoms. The predicted molar refractivity (Wildman–Crippen MR) is 68.2 cm³/mol. The normalized spacial score (nSPS) is 26.1. The molecule has 1 saturated heterocycles. The van der Waals surface area contributed by atoms with Crippen molar-refractivity contribution in [1.29, 1.82) is 0 Å². The first-order valence-corrected chi connectivity index (χ1v) is 6.29.